The summed E-state index contributed by atoms with van der Waals surface area (Å²) in [4.78, 5) is 15.9. The highest BCUT2D eigenvalue weighted by atomic mass is 16.7. The van der Waals surface area contributed by atoms with E-state index in [2.05, 4.69) is 52.9 Å². The van der Waals surface area contributed by atoms with Gasteiger partial charge >= 0.3 is 0 Å². The molecule has 2 aliphatic rings. The van der Waals surface area contributed by atoms with Gasteiger partial charge in [0.15, 0.2) is 11.5 Å². The summed E-state index contributed by atoms with van der Waals surface area (Å²) in [5, 5.41) is 3.07. The lowest BCUT2D eigenvalue weighted by molar-refractivity contribution is 0.101. The van der Waals surface area contributed by atoms with Gasteiger partial charge in [-0.2, -0.15) is 0 Å². The second-order valence-corrected chi connectivity index (χ2v) is 8.60. The number of carbonyl (C=O) groups excluding carboxylic acids is 1. The van der Waals surface area contributed by atoms with E-state index in [4.69, 9.17) is 14.2 Å². The lowest BCUT2D eigenvalue weighted by Gasteiger charge is -2.29. The van der Waals surface area contributed by atoms with Crippen LogP contribution in [0.25, 0.3) is 0 Å². The number of rotatable bonds is 5. The van der Waals surface area contributed by atoms with E-state index in [1.165, 1.54) is 5.56 Å². The van der Waals surface area contributed by atoms with Gasteiger partial charge in [-0.3, -0.25) is 4.79 Å². The average Bonchev–Trinajstić information content (AvgIpc) is 3.37. The fraction of sp³-hybridized carbons (Fsp3) is 0.346. The zero-order valence-corrected chi connectivity index (χ0v) is 19.3. The molecule has 2 aromatic carbocycles. The summed E-state index contributed by atoms with van der Waals surface area (Å²) in [6.07, 6.45) is 0. The summed E-state index contributed by atoms with van der Waals surface area (Å²) < 4.78 is 18.5. The van der Waals surface area contributed by atoms with Crippen LogP contribution in [0.3, 0.4) is 0 Å². The van der Waals surface area contributed by atoms with E-state index in [-0.39, 0.29) is 12.7 Å². The van der Waals surface area contributed by atoms with E-state index >= 15 is 0 Å². The molecular weight excluding hydrogens is 418 g/mol. The Balaban J connectivity index is 1.52. The van der Waals surface area contributed by atoms with Gasteiger partial charge in [-0.15, -0.1) is 0 Å². The highest BCUT2D eigenvalue weighted by Gasteiger charge is 2.27. The Morgan fingerprint density at radius 1 is 0.970 bits per heavy atom. The van der Waals surface area contributed by atoms with Gasteiger partial charge in [-0.05, 0) is 38.5 Å². The summed E-state index contributed by atoms with van der Waals surface area (Å²) >= 11 is 0. The average molecular weight is 448 g/mol. The van der Waals surface area contributed by atoms with Crippen LogP contribution < -0.4 is 19.7 Å². The molecule has 7 nitrogen and oxygen atoms in total. The Kier molecular flexibility index (Phi) is 5.72. The van der Waals surface area contributed by atoms with E-state index in [0.717, 1.165) is 35.6 Å². The zero-order valence-electron chi connectivity index (χ0n) is 19.3. The second kappa shape index (κ2) is 8.83. The van der Waals surface area contributed by atoms with Crippen molar-refractivity contribution < 1.29 is 19.0 Å². The maximum absolute atomic E-state index is 13.6. The van der Waals surface area contributed by atoms with Crippen molar-refractivity contribution in [2.24, 2.45) is 0 Å². The smallest absolute Gasteiger partial charge is 0.272 e. The third-order valence-electron chi connectivity index (χ3n) is 6.36. The van der Waals surface area contributed by atoms with Gasteiger partial charge < -0.3 is 29.0 Å². The van der Waals surface area contributed by atoms with Gasteiger partial charge in [0, 0.05) is 42.6 Å². The Bertz CT molecular complexity index is 1180. The molecule has 1 N–H and O–H groups in total. The van der Waals surface area contributed by atoms with E-state index in [0.29, 0.717) is 42.6 Å². The van der Waals surface area contributed by atoms with Crippen molar-refractivity contribution in [1.29, 1.82) is 0 Å². The van der Waals surface area contributed by atoms with Crippen LogP contribution in [0.5, 0.6) is 11.5 Å². The monoisotopic (exact) mass is 447 g/mol. The number of carbonyl (C=O) groups is 1. The molecule has 7 heteroatoms. The summed E-state index contributed by atoms with van der Waals surface area (Å²) in [5.74, 6) is 1.20. The summed E-state index contributed by atoms with van der Waals surface area (Å²) in [6, 6.07) is 13.9. The van der Waals surface area contributed by atoms with E-state index in [1.807, 2.05) is 19.1 Å². The molecule has 1 saturated heterocycles. The number of hydrogen-bond acceptors (Lipinski definition) is 5. The quantitative estimate of drug-likeness (QED) is 0.633. The predicted molar refractivity (Wildman–Crippen MR) is 128 cm³/mol. The van der Waals surface area contributed by atoms with Crippen molar-refractivity contribution in [2.45, 2.75) is 27.3 Å². The number of benzene rings is 2. The molecular formula is C26H29N3O4. The largest absolute Gasteiger partial charge is 0.454 e. The third-order valence-corrected chi connectivity index (χ3v) is 6.36. The number of morpholine rings is 1. The fourth-order valence-electron chi connectivity index (χ4n) is 4.67. The minimum atomic E-state index is -0.138. The Morgan fingerprint density at radius 3 is 2.45 bits per heavy atom. The van der Waals surface area contributed by atoms with E-state index in [9.17, 15) is 4.79 Å². The van der Waals surface area contributed by atoms with Crippen LogP contribution in [0.1, 0.15) is 32.9 Å². The van der Waals surface area contributed by atoms with Crippen LogP contribution in [0, 0.1) is 20.8 Å². The lowest BCUT2D eigenvalue weighted by atomic mass is 10.1. The van der Waals surface area contributed by atoms with Gasteiger partial charge in [0.25, 0.3) is 5.91 Å². The number of nitrogens with zero attached hydrogens (tertiary/aromatic N) is 2. The maximum Gasteiger partial charge on any atom is 0.272 e. The standard InChI is InChI=1S/C26H29N3O4/c1-17-4-6-20(7-5-17)15-29-19(3)24(28-10-12-31-13-11-28)18(2)25(29)26(30)27-21-8-9-22-23(14-21)33-16-32-22/h4-9,14H,10-13,15-16H2,1-3H3,(H,27,30). The number of aryl methyl sites for hydroxylation is 1. The topological polar surface area (TPSA) is 65.0 Å². The Labute approximate surface area is 193 Å². The van der Waals surface area contributed by atoms with Crippen molar-refractivity contribution in [3.63, 3.8) is 0 Å². The van der Waals surface area contributed by atoms with E-state index in [1.54, 1.807) is 6.07 Å². The molecule has 172 valence electrons. The molecule has 0 radical (unpaired) electrons. The molecule has 0 saturated carbocycles. The Hall–Kier alpha value is -3.45. The summed E-state index contributed by atoms with van der Waals surface area (Å²) in [6.45, 7) is 10.1. The van der Waals surface area contributed by atoms with Crippen molar-refractivity contribution in [1.82, 2.24) is 4.57 Å². The second-order valence-electron chi connectivity index (χ2n) is 8.60. The van der Waals surface area contributed by atoms with Crippen molar-refractivity contribution in [3.05, 3.63) is 70.5 Å². The van der Waals surface area contributed by atoms with Gasteiger partial charge in [-0.25, -0.2) is 0 Å². The lowest BCUT2D eigenvalue weighted by Crippen LogP contribution is -2.36. The van der Waals surface area contributed by atoms with Gasteiger partial charge in [0.05, 0.1) is 18.9 Å². The molecule has 33 heavy (non-hydrogen) atoms. The first kappa shape index (κ1) is 21.4. The SMILES string of the molecule is Cc1ccc(Cn2c(C)c(N3CCOCC3)c(C)c2C(=O)Nc2ccc3c(c2)OCO3)cc1. The first-order valence-electron chi connectivity index (χ1n) is 11.3. The molecule has 0 spiro atoms. The molecule has 0 aliphatic carbocycles. The molecule has 0 unspecified atom stereocenters. The number of nitrogens with one attached hydrogen (secondary N) is 1. The fourth-order valence-corrected chi connectivity index (χ4v) is 4.67. The van der Waals surface area contributed by atoms with Gasteiger partial charge in [-0.1, -0.05) is 29.8 Å². The van der Waals surface area contributed by atoms with Gasteiger partial charge in [0.1, 0.15) is 5.69 Å². The molecule has 3 heterocycles. The minimum Gasteiger partial charge on any atom is -0.454 e. The highest BCUT2D eigenvalue weighted by molar-refractivity contribution is 6.05. The minimum absolute atomic E-state index is 0.138. The zero-order chi connectivity index (χ0) is 22.9. The maximum atomic E-state index is 13.6. The number of ether oxygens (including phenoxy) is 3. The summed E-state index contributed by atoms with van der Waals surface area (Å²) in [5.41, 5.74) is 6.93. The number of anilines is 2. The predicted octanol–water partition coefficient (Wildman–Crippen LogP) is 4.28. The molecule has 1 amide bonds. The molecule has 1 fully saturated rings. The highest BCUT2D eigenvalue weighted by Crippen LogP contribution is 2.36. The van der Waals surface area contributed by atoms with Crippen LogP contribution >= 0.6 is 0 Å². The summed E-state index contributed by atoms with van der Waals surface area (Å²) in [7, 11) is 0. The molecule has 5 rings (SSSR count). The van der Waals surface area contributed by atoms with Crippen LogP contribution in [-0.2, 0) is 11.3 Å². The third kappa shape index (κ3) is 4.16. The molecule has 3 aromatic rings. The van der Waals surface area contributed by atoms with Crippen LogP contribution in [0.15, 0.2) is 42.5 Å². The van der Waals surface area contributed by atoms with E-state index < -0.39 is 0 Å². The number of aromatic nitrogens is 1. The molecule has 0 bridgehead atoms. The van der Waals surface area contributed by atoms with Gasteiger partial charge in [0.2, 0.25) is 6.79 Å². The first-order chi connectivity index (χ1) is 16.0. The van der Waals surface area contributed by atoms with Crippen LogP contribution in [-0.4, -0.2) is 43.6 Å². The molecule has 0 atom stereocenters. The van der Waals surface area contributed by atoms with Crippen molar-refractivity contribution in [2.75, 3.05) is 43.3 Å². The van der Waals surface area contributed by atoms with Crippen LogP contribution in [0.2, 0.25) is 0 Å². The number of amides is 1. The first-order valence-corrected chi connectivity index (χ1v) is 11.3. The Morgan fingerprint density at radius 2 is 1.70 bits per heavy atom. The molecule has 2 aliphatic heterocycles. The van der Waals surface area contributed by atoms with Crippen molar-refractivity contribution >= 4 is 17.3 Å². The number of hydrogen-bond donors (Lipinski definition) is 1. The van der Waals surface area contributed by atoms with Crippen LogP contribution in [0.4, 0.5) is 11.4 Å². The molecule has 1 aromatic heterocycles. The number of fused-ring (bicyclic) bond motifs is 1. The van der Waals surface area contributed by atoms with Crippen molar-refractivity contribution in [3.8, 4) is 11.5 Å². The normalized spacial score (nSPS) is 15.1.